The van der Waals surface area contributed by atoms with Crippen molar-refractivity contribution in [2.24, 2.45) is 0 Å². The van der Waals surface area contributed by atoms with Gasteiger partial charge in [-0.15, -0.1) is 0 Å². The maximum absolute atomic E-state index is 13.1. The zero-order valence-electron chi connectivity index (χ0n) is 16.1. The highest BCUT2D eigenvalue weighted by molar-refractivity contribution is 5.99. The third-order valence-electron chi connectivity index (χ3n) is 4.90. The quantitative estimate of drug-likeness (QED) is 0.480. The Morgan fingerprint density at radius 3 is 2.40 bits per heavy atom. The van der Waals surface area contributed by atoms with Gasteiger partial charge in [-0.3, -0.25) is 14.5 Å². The number of amides is 1. The third kappa shape index (κ3) is 3.93. The number of hydrogen-bond donors (Lipinski definition) is 0. The minimum Gasteiger partial charge on any atom is -0.489 e. The van der Waals surface area contributed by atoms with Crippen molar-refractivity contribution in [3.8, 4) is 5.75 Å². The molecular weight excluding hydrogens is 382 g/mol. The maximum atomic E-state index is 13.1. The molecule has 4 rings (SSSR count). The van der Waals surface area contributed by atoms with Crippen LogP contribution in [0.25, 0.3) is 0 Å². The number of nitrogens with zero attached hydrogens (tertiary/aromatic N) is 1. The number of anilines is 1. The van der Waals surface area contributed by atoms with Crippen LogP contribution in [0, 0.1) is 0 Å². The molecule has 3 aromatic carbocycles. The van der Waals surface area contributed by atoms with Crippen LogP contribution in [0.1, 0.15) is 32.3 Å². The van der Waals surface area contributed by atoms with Crippen molar-refractivity contribution in [3.05, 3.63) is 95.6 Å². The van der Waals surface area contributed by atoms with Gasteiger partial charge in [-0.25, -0.2) is 4.79 Å². The second-order valence-electron chi connectivity index (χ2n) is 6.78. The molecule has 3 aromatic rings. The van der Waals surface area contributed by atoms with E-state index in [4.69, 9.17) is 9.47 Å². The Labute approximate surface area is 173 Å². The van der Waals surface area contributed by atoms with E-state index in [0.29, 0.717) is 29.9 Å². The number of carbonyl (C=O) groups excluding carboxylic acids is 3. The molecule has 0 spiro atoms. The largest absolute Gasteiger partial charge is 0.489 e. The number of carbonyl (C=O) groups is 3. The Balaban J connectivity index is 1.54. The van der Waals surface area contributed by atoms with Crippen LogP contribution in [0.4, 0.5) is 5.69 Å². The lowest BCUT2D eigenvalue weighted by atomic mass is 10.0. The van der Waals surface area contributed by atoms with E-state index in [1.807, 2.05) is 48.5 Å². The highest BCUT2D eigenvalue weighted by Crippen LogP contribution is 2.39. The lowest BCUT2D eigenvalue weighted by Crippen LogP contribution is -2.43. The van der Waals surface area contributed by atoms with Crippen LogP contribution >= 0.6 is 0 Å². The molecule has 0 saturated heterocycles. The summed E-state index contributed by atoms with van der Waals surface area (Å²) in [7, 11) is 0. The molecule has 1 amide bonds. The lowest BCUT2D eigenvalue weighted by molar-refractivity contribution is -0.122. The molecule has 0 radical (unpaired) electrons. The van der Waals surface area contributed by atoms with E-state index in [1.165, 1.54) is 24.3 Å². The second kappa shape index (κ2) is 8.61. The Bertz CT molecular complexity index is 1060. The molecule has 1 aliphatic heterocycles. The van der Waals surface area contributed by atoms with Crippen LogP contribution in [-0.2, 0) is 9.53 Å². The summed E-state index contributed by atoms with van der Waals surface area (Å²) in [5.74, 6) is -0.370. The monoisotopic (exact) mass is 401 g/mol. The molecule has 1 atom stereocenters. The molecule has 0 aromatic heterocycles. The number of hydrogen-bond acceptors (Lipinski definition) is 5. The first-order chi connectivity index (χ1) is 14.7. The minimum atomic E-state index is -0.626. The fraction of sp³-hybridized carbons (Fsp3) is 0.125. The molecule has 0 fully saturated rings. The summed E-state index contributed by atoms with van der Waals surface area (Å²) in [6.07, 6.45) is 0.693. The summed E-state index contributed by atoms with van der Waals surface area (Å²) >= 11 is 0. The Hall–Kier alpha value is -3.93. The van der Waals surface area contributed by atoms with Crippen LogP contribution in [0.5, 0.6) is 5.75 Å². The van der Waals surface area contributed by atoms with Gasteiger partial charge in [0.15, 0.2) is 6.61 Å². The van der Waals surface area contributed by atoms with Crippen molar-refractivity contribution in [1.82, 2.24) is 0 Å². The summed E-state index contributed by atoms with van der Waals surface area (Å²) in [5, 5.41) is 0. The predicted molar refractivity (Wildman–Crippen MR) is 111 cm³/mol. The summed E-state index contributed by atoms with van der Waals surface area (Å²) in [5.41, 5.74) is 2.29. The molecule has 0 bridgehead atoms. The molecule has 30 heavy (non-hydrogen) atoms. The minimum absolute atomic E-state index is 0.274. The predicted octanol–water partition coefficient (Wildman–Crippen LogP) is 3.82. The van der Waals surface area contributed by atoms with Gasteiger partial charge in [0.25, 0.3) is 5.91 Å². The zero-order chi connectivity index (χ0) is 20.9. The average molecular weight is 401 g/mol. The van der Waals surface area contributed by atoms with Gasteiger partial charge in [0, 0.05) is 5.56 Å². The van der Waals surface area contributed by atoms with Crippen molar-refractivity contribution >= 4 is 23.9 Å². The fourth-order valence-corrected chi connectivity index (χ4v) is 3.40. The SMILES string of the molecule is O=Cc1ccc(C(=O)OCC(=O)N2c3ccccc3OCC2c2ccccc2)cc1. The number of benzene rings is 3. The zero-order valence-corrected chi connectivity index (χ0v) is 16.1. The number of esters is 1. The van der Waals surface area contributed by atoms with Gasteiger partial charge in [-0.1, -0.05) is 54.6 Å². The van der Waals surface area contributed by atoms with Crippen molar-refractivity contribution in [2.75, 3.05) is 18.1 Å². The van der Waals surface area contributed by atoms with E-state index in [-0.39, 0.29) is 17.5 Å². The van der Waals surface area contributed by atoms with Gasteiger partial charge in [-0.05, 0) is 29.8 Å². The number of ether oxygens (including phenoxy) is 2. The van der Waals surface area contributed by atoms with Gasteiger partial charge in [0.1, 0.15) is 18.6 Å². The molecular formula is C24H19NO5. The van der Waals surface area contributed by atoms with Crippen LogP contribution in [0.2, 0.25) is 0 Å². The first-order valence-corrected chi connectivity index (χ1v) is 9.48. The van der Waals surface area contributed by atoms with Gasteiger partial charge < -0.3 is 9.47 Å². The smallest absolute Gasteiger partial charge is 0.338 e. The number of rotatable bonds is 5. The van der Waals surface area contributed by atoms with Gasteiger partial charge in [0.05, 0.1) is 17.3 Å². The fourth-order valence-electron chi connectivity index (χ4n) is 3.40. The van der Waals surface area contributed by atoms with Crippen molar-refractivity contribution in [2.45, 2.75) is 6.04 Å². The Kier molecular flexibility index (Phi) is 5.57. The molecule has 6 nitrogen and oxygen atoms in total. The molecule has 6 heteroatoms. The highest BCUT2D eigenvalue weighted by Gasteiger charge is 2.33. The first-order valence-electron chi connectivity index (χ1n) is 9.48. The van der Waals surface area contributed by atoms with Gasteiger partial charge >= 0.3 is 5.97 Å². The van der Waals surface area contributed by atoms with E-state index in [2.05, 4.69) is 0 Å². The molecule has 1 heterocycles. The summed E-state index contributed by atoms with van der Waals surface area (Å²) in [6, 6.07) is 22.6. The normalized spacial score (nSPS) is 14.9. The molecule has 0 aliphatic carbocycles. The number of para-hydroxylation sites is 2. The van der Waals surface area contributed by atoms with Crippen LogP contribution in [-0.4, -0.2) is 31.4 Å². The molecule has 150 valence electrons. The van der Waals surface area contributed by atoms with E-state index in [9.17, 15) is 14.4 Å². The Morgan fingerprint density at radius 1 is 0.967 bits per heavy atom. The van der Waals surface area contributed by atoms with Crippen molar-refractivity contribution in [3.63, 3.8) is 0 Å². The van der Waals surface area contributed by atoms with E-state index < -0.39 is 12.6 Å². The van der Waals surface area contributed by atoms with Crippen molar-refractivity contribution < 1.29 is 23.9 Å². The highest BCUT2D eigenvalue weighted by atomic mass is 16.5. The van der Waals surface area contributed by atoms with E-state index >= 15 is 0 Å². The van der Waals surface area contributed by atoms with Crippen LogP contribution in [0.15, 0.2) is 78.9 Å². The van der Waals surface area contributed by atoms with Crippen molar-refractivity contribution in [1.29, 1.82) is 0 Å². The van der Waals surface area contributed by atoms with Gasteiger partial charge in [0.2, 0.25) is 0 Å². The molecule has 0 N–H and O–H groups in total. The topological polar surface area (TPSA) is 72.9 Å². The van der Waals surface area contributed by atoms with Gasteiger partial charge in [-0.2, -0.15) is 0 Å². The van der Waals surface area contributed by atoms with E-state index in [0.717, 1.165) is 5.56 Å². The third-order valence-corrected chi connectivity index (χ3v) is 4.90. The lowest BCUT2D eigenvalue weighted by Gasteiger charge is -2.37. The first kappa shape index (κ1) is 19.4. The second-order valence-corrected chi connectivity index (χ2v) is 6.78. The summed E-state index contributed by atoms with van der Waals surface area (Å²) < 4.78 is 11.1. The molecule has 1 aliphatic rings. The molecule has 0 saturated carbocycles. The summed E-state index contributed by atoms with van der Waals surface area (Å²) in [4.78, 5) is 37.8. The van der Waals surface area contributed by atoms with Crippen LogP contribution < -0.4 is 9.64 Å². The Morgan fingerprint density at radius 2 is 1.67 bits per heavy atom. The number of aldehydes is 1. The molecule has 1 unspecified atom stereocenters. The van der Waals surface area contributed by atoms with E-state index in [1.54, 1.807) is 11.0 Å². The number of fused-ring (bicyclic) bond motifs is 1. The maximum Gasteiger partial charge on any atom is 0.338 e. The summed E-state index contributed by atoms with van der Waals surface area (Å²) in [6.45, 7) is -0.111. The average Bonchev–Trinajstić information content (AvgIpc) is 2.82. The van der Waals surface area contributed by atoms with Crippen LogP contribution in [0.3, 0.4) is 0 Å². The standard InChI is InChI=1S/C24H19NO5/c26-14-17-10-12-19(13-11-17)24(28)30-16-23(27)25-20-8-4-5-9-22(20)29-15-21(25)18-6-2-1-3-7-18/h1-14,21H,15-16H2.